The van der Waals surface area contributed by atoms with Crippen molar-refractivity contribution in [2.75, 3.05) is 45.1 Å². The quantitative estimate of drug-likeness (QED) is 0.438. The number of carbonyl (C=O) groups excluding carboxylic acids is 1. The summed E-state index contributed by atoms with van der Waals surface area (Å²) >= 11 is 0. The Bertz CT molecular complexity index is 1250. The van der Waals surface area contributed by atoms with Crippen LogP contribution < -0.4 is 14.2 Å². The van der Waals surface area contributed by atoms with Gasteiger partial charge in [0.1, 0.15) is 17.6 Å². The van der Waals surface area contributed by atoms with Gasteiger partial charge in [0, 0.05) is 31.2 Å². The van der Waals surface area contributed by atoms with E-state index in [1.807, 2.05) is 6.92 Å². The molecule has 1 fully saturated rings. The Morgan fingerprint density at radius 3 is 2.48 bits per heavy atom. The largest absolute Gasteiger partial charge is 0.497 e. The maximum Gasteiger partial charge on any atom is 0.261 e. The monoisotopic (exact) mass is 573 g/mol. The number of nitrogens with zero attached hydrogens (tertiary/aromatic N) is 2. The van der Waals surface area contributed by atoms with Crippen molar-refractivity contribution in [1.82, 2.24) is 9.80 Å². The van der Waals surface area contributed by atoms with Crippen LogP contribution in [0.4, 0.5) is 5.69 Å². The number of methoxy groups -OCH3 is 1. The number of rotatable bonds is 10. The number of sulfonamides is 1. The van der Waals surface area contributed by atoms with Crippen LogP contribution in [-0.2, 0) is 10.0 Å². The number of benzene rings is 2. The van der Waals surface area contributed by atoms with Crippen LogP contribution in [-0.4, -0.2) is 81.8 Å². The minimum absolute atomic E-state index is 0.0214. The van der Waals surface area contributed by atoms with E-state index in [2.05, 4.69) is 23.6 Å². The van der Waals surface area contributed by atoms with E-state index in [-0.39, 0.29) is 40.7 Å². The number of hydrogen-bond acceptors (Lipinski definition) is 7. The molecule has 1 aliphatic heterocycles. The summed E-state index contributed by atoms with van der Waals surface area (Å²) in [5, 5.41) is 9.93. The molecule has 1 aliphatic carbocycles. The second-order valence-electron chi connectivity index (χ2n) is 11.3. The molecule has 0 spiro atoms. The molecule has 0 unspecified atom stereocenters. The molecule has 1 amide bonds. The first-order valence-electron chi connectivity index (χ1n) is 14.2. The van der Waals surface area contributed by atoms with Crippen molar-refractivity contribution < 1.29 is 27.8 Å². The number of fused-ring (bicyclic) bond motifs is 1. The molecule has 2 aromatic carbocycles. The van der Waals surface area contributed by atoms with E-state index in [4.69, 9.17) is 9.47 Å². The lowest BCUT2D eigenvalue weighted by molar-refractivity contribution is 0.0330. The van der Waals surface area contributed by atoms with E-state index >= 15 is 0 Å². The SMILES string of the molecule is COc1ccc(S(=O)(=O)Nc2ccc3c(c2)C(=O)N([C@@H](C)CO)C[C@@H](C)[C@H](CN(C)CC2CCCCC2)O3)cc1. The van der Waals surface area contributed by atoms with Gasteiger partial charge >= 0.3 is 0 Å². The van der Waals surface area contributed by atoms with Crippen LogP contribution in [0.3, 0.4) is 0 Å². The van der Waals surface area contributed by atoms with Gasteiger partial charge in [-0.2, -0.15) is 0 Å². The molecule has 4 rings (SSSR count). The summed E-state index contributed by atoms with van der Waals surface area (Å²) in [6.07, 6.45) is 6.26. The van der Waals surface area contributed by atoms with Crippen LogP contribution in [0.15, 0.2) is 47.4 Å². The van der Waals surface area contributed by atoms with Crippen LogP contribution in [0.1, 0.15) is 56.3 Å². The molecule has 0 bridgehead atoms. The summed E-state index contributed by atoms with van der Waals surface area (Å²) in [7, 11) is -0.261. The highest BCUT2D eigenvalue weighted by atomic mass is 32.2. The molecule has 3 atom stereocenters. The summed E-state index contributed by atoms with van der Waals surface area (Å²) in [6, 6.07) is 10.5. The van der Waals surface area contributed by atoms with Crippen molar-refractivity contribution in [2.45, 2.75) is 63.0 Å². The lowest BCUT2D eigenvalue weighted by Gasteiger charge is -2.38. The van der Waals surface area contributed by atoms with Crippen molar-refractivity contribution in [3.63, 3.8) is 0 Å². The maximum absolute atomic E-state index is 13.7. The van der Waals surface area contributed by atoms with Crippen LogP contribution in [0, 0.1) is 11.8 Å². The Hall–Kier alpha value is -2.82. The number of amides is 1. The first-order chi connectivity index (χ1) is 19.1. The summed E-state index contributed by atoms with van der Waals surface area (Å²) < 4.78 is 40.3. The number of hydrogen-bond donors (Lipinski definition) is 2. The number of aliphatic hydroxyl groups is 1. The molecular formula is C30H43N3O6S. The number of ether oxygens (including phenoxy) is 2. The molecule has 1 saturated carbocycles. The van der Waals surface area contributed by atoms with Gasteiger partial charge < -0.3 is 24.4 Å². The number of likely N-dealkylation sites (N-methyl/N-ethyl adjacent to an activating group) is 1. The molecule has 2 N–H and O–H groups in total. The van der Waals surface area contributed by atoms with E-state index in [1.54, 1.807) is 29.2 Å². The average molecular weight is 574 g/mol. The summed E-state index contributed by atoms with van der Waals surface area (Å²) in [5.74, 6) is 1.38. The molecule has 10 heteroatoms. The maximum atomic E-state index is 13.7. The zero-order chi connectivity index (χ0) is 28.9. The van der Waals surface area contributed by atoms with E-state index < -0.39 is 16.1 Å². The lowest BCUT2D eigenvalue weighted by atomic mass is 9.89. The van der Waals surface area contributed by atoms with Gasteiger partial charge in [-0.25, -0.2) is 8.42 Å². The second-order valence-corrected chi connectivity index (χ2v) is 13.0. The third-order valence-corrected chi connectivity index (χ3v) is 9.47. The summed E-state index contributed by atoms with van der Waals surface area (Å²) in [4.78, 5) is 17.8. The fourth-order valence-corrected chi connectivity index (χ4v) is 6.71. The minimum Gasteiger partial charge on any atom is -0.497 e. The topological polar surface area (TPSA) is 108 Å². The van der Waals surface area contributed by atoms with Crippen LogP contribution >= 0.6 is 0 Å². The summed E-state index contributed by atoms with van der Waals surface area (Å²) in [6.45, 7) is 5.85. The lowest BCUT2D eigenvalue weighted by Crippen LogP contribution is -2.50. The molecule has 0 aromatic heterocycles. The van der Waals surface area contributed by atoms with Gasteiger partial charge in [0.25, 0.3) is 15.9 Å². The highest BCUT2D eigenvalue weighted by molar-refractivity contribution is 7.92. The number of aliphatic hydroxyl groups excluding tert-OH is 1. The van der Waals surface area contributed by atoms with Gasteiger partial charge in [0.15, 0.2) is 0 Å². The van der Waals surface area contributed by atoms with Crippen LogP contribution in [0.2, 0.25) is 0 Å². The molecule has 1 heterocycles. The van der Waals surface area contributed by atoms with Crippen LogP contribution in [0.5, 0.6) is 11.5 Å². The fourth-order valence-electron chi connectivity index (χ4n) is 5.67. The van der Waals surface area contributed by atoms with E-state index in [0.29, 0.717) is 30.5 Å². The Morgan fingerprint density at radius 1 is 1.12 bits per heavy atom. The minimum atomic E-state index is -3.90. The van der Waals surface area contributed by atoms with Crippen LogP contribution in [0.25, 0.3) is 0 Å². The molecule has 220 valence electrons. The first kappa shape index (κ1) is 30.1. The Labute approximate surface area is 238 Å². The van der Waals surface area contributed by atoms with Crippen molar-refractivity contribution in [3.8, 4) is 11.5 Å². The molecule has 2 aliphatic rings. The van der Waals surface area contributed by atoms with Gasteiger partial charge in [-0.15, -0.1) is 0 Å². The Balaban J connectivity index is 1.59. The van der Waals surface area contributed by atoms with Gasteiger partial charge in [-0.05, 0) is 75.2 Å². The summed E-state index contributed by atoms with van der Waals surface area (Å²) in [5.41, 5.74) is 0.518. The molecular weight excluding hydrogens is 530 g/mol. The molecule has 2 aromatic rings. The zero-order valence-corrected chi connectivity index (χ0v) is 24.8. The Morgan fingerprint density at radius 2 is 1.82 bits per heavy atom. The first-order valence-corrected chi connectivity index (χ1v) is 15.7. The highest BCUT2D eigenvalue weighted by Gasteiger charge is 2.34. The van der Waals surface area contributed by atoms with Gasteiger partial charge in [0.05, 0.1) is 30.2 Å². The van der Waals surface area contributed by atoms with E-state index in [1.165, 1.54) is 57.4 Å². The fraction of sp³-hybridized carbons (Fsp3) is 0.567. The third-order valence-electron chi connectivity index (χ3n) is 8.07. The van der Waals surface area contributed by atoms with E-state index in [9.17, 15) is 18.3 Å². The number of nitrogens with one attached hydrogen (secondary N) is 1. The molecule has 9 nitrogen and oxygen atoms in total. The molecule has 0 radical (unpaired) electrons. The van der Waals surface area contributed by atoms with Gasteiger partial charge in [-0.3, -0.25) is 9.52 Å². The van der Waals surface area contributed by atoms with Crippen molar-refractivity contribution in [3.05, 3.63) is 48.0 Å². The van der Waals surface area contributed by atoms with Gasteiger partial charge in [0.2, 0.25) is 0 Å². The predicted octanol–water partition coefficient (Wildman–Crippen LogP) is 4.23. The number of carbonyl (C=O) groups is 1. The van der Waals surface area contributed by atoms with Gasteiger partial charge in [-0.1, -0.05) is 26.2 Å². The molecule has 40 heavy (non-hydrogen) atoms. The smallest absolute Gasteiger partial charge is 0.261 e. The highest BCUT2D eigenvalue weighted by Crippen LogP contribution is 2.32. The number of anilines is 1. The molecule has 0 saturated heterocycles. The Kier molecular flexibility index (Phi) is 9.97. The zero-order valence-electron chi connectivity index (χ0n) is 24.0. The van der Waals surface area contributed by atoms with Crippen molar-refractivity contribution in [2.24, 2.45) is 11.8 Å². The van der Waals surface area contributed by atoms with E-state index in [0.717, 1.165) is 6.54 Å². The van der Waals surface area contributed by atoms with Crippen molar-refractivity contribution in [1.29, 1.82) is 0 Å². The van der Waals surface area contributed by atoms with Crippen molar-refractivity contribution >= 4 is 21.6 Å². The standard InChI is InChI=1S/C30H43N3O6S/c1-21-17-33(22(2)20-34)30(35)27-16-24(31-40(36,37)26-13-11-25(38-4)12-14-26)10-15-28(27)39-29(21)19-32(3)18-23-8-6-5-7-9-23/h10-16,21-23,29,31,34H,5-9,17-20H2,1-4H3/t21-,22+,29+/m1/s1. The average Bonchev–Trinajstić information content (AvgIpc) is 2.95. The predicted molar refractivity (Wildman–Crippen MR) is 155 cm³/mol. The third kappa shape index (κ3) is 7.27. The normalized spacial score (nSPS) is 21.2. The second kappa shape index (κ2) is 13.2.